The van der Waals surface area contributed by atoms with Gasteiger partial charge in [-0.1, -0.05) is 6.07 Å². The quantitative estimate of drug-likeness (QED) is 0.782. The summed E-state index contributed by atoms with van der Waals surface area (Å²) in [6.45, 7) is 0.156. The molecule has 0 fully saturated rings. The minimum atomic E-state index is -3.43. The van der Waals surface area contributed by atoms with E-state index in [9.17, 15) is 13.2 Å². The van der Waals surface area contributed by atoms with Gasteiger partial charge in [-0.2, -0.15) is 0 Å². The third-order valence-electron chi connectivity index (χ3n) is 2.89. The highest BCUT2D eigenvalue weighted by atomic mass is 32.2. The number of benzene rings is 1. The fourth-order valence-electron chi connectivity index (χ4n) is 1.77. The fourth-order valence-corrected chi connectivity index (χ4v) is 2.42. The van der Waals surface area contributed by atoms with Crippen molar-refractivity contribution in [1.29, 1.82) is 0 Å². The van der Waals surface area contributed by atoms with Crippen molar-refractivity contribution in [2.45, 2.75) is 11.5 Å². The number of carbonyl (C=O) groups excluding carboxylic acids is 1. The molecular weight excluding hydrogens is 306 g/mol. The van der Waals surface area contributed by atoms with Crippen molar-refractivity contribution in [3.05, 3.63) is 53.9 Å². The third-order valence-corrected chi connectivity index (χ3v) is 4.00. The van der Waals surface area contributed by atoms with E-state index in [2.05, 4.69) is 9.72 Å². The Morgan fingerprint density at radius 1 is 1.23 bits per heavy atom. The first-order chi connectivity index (χ1) is 10.4. The highest BCUT2D eigenvalue weighted by Gasteiger charge is 2.18. The Morgan fingerprint density at radius 2 is 2.00 bits per heavy atom. The number of hydrogen-bond acceptors (Lipinski definition) is 6. The van der Waals surface area contributed by atoms with E-state index < -0.39 is 15.8 Å². The molecule has 0 radical (unpaired) electrons. The second-order valence-electron chi connectivity index (χ2n) is 4.53. The Bertz CT molecular complexity index is 772. The first kappa shape index (κ1) is 16.0. The number of carbonyl (C=O) groups is 1. The Hall–Kier alpha value is -2.41. The SMILES string of the molecule is COC(=O)c1cc(S(C)(=O)=O)ccc1OCc1ccccn1. The number of rotatable bonds is 5. The molecule has 7 heteroatoms. The van der Waals surface area contributed by atoms with Gasteiger partial charge in [0.2, 0.25) is 0 Å². The smallest absolute Gasteiger partial charge is 0.341 e. The lowest BCUT2D eigenvalue weighted by Gasteiger charge is -2.11. The molecule has 116 valence electrons. The lowest BCUT2D eigenvalue weighted by Crippen LogP contribution is -2.08. The van der Waals surface area contributed by atoms with Gasteiger partial charge in [0.05, 0.1) is 17.7 Å². The molecule has 2 aromatic rings. The lowest BCUT2D eigenvalue weighted by molar-refractivity contribution is 0.0595. The first-order valence-electron chi connectivity index (χ1n) is 6.37. The molecule has 0 aliphatic heterocycles. The number of sulfone groups is 1. The number of esters is 1. The summed E-state index contributed by atoms with van der Waals surface area (Å²) in [4.78, 5) is 15.9. The van der Waals surface area contributed by atoms with E-state index >= 15 is 0 Å². The monoisotopic (exact) mass is 321 g/mol. The van der Waals surface area contributed by atoms with Gasteiger partial charge in [0, 0.05) is 12.5 Å². The highest BCUT2D eigenvalue weighted by Crippen LogP contribution is 2.24. The van der Waals surface area contributed by atoms with E-state index in [1.54, 1.807) is 18.3 Å². The number of pyridine rings is 1. The molecule has 0 bridgehead atoms. The van der Waals surface area contributed by atoms with Crippen LogP contribution in [0.25, 0.3) is 0 Å². The molecule has 6 nitrogen and oxygen atoms in total. The van der Waals surface area contributed by atoms with Crippen LogP contribution < -0.4 is 4.74 Å². The zero-order valence-corrected chi connectivity index (χ0v) is 13.0. The van der Waals surface area contributed by atoms with Crippen LogP contribution in [0.15, 0.2) is 47.5 Å². The lowest BCUT2D eigenvalue weighted by atomic mass is 10.2. The Labute approximate surface area is 128 Å². The molecule has 0 N–H and O–H groups in total. The normalized spacial score (nSPS) is 11.0. The minimum absolute atomic E-state index is 0.0260. The second kappa shape index (κ2) is 6.57. The van der Waals surface area contributed by atoms with Gasteiger partial charge >= 0.3 is 5.97 Å². The van der Waals surface area contributed by atoms with Gasteiger partial charge in [0.15, 0.2) is 9.84 Å². The van der Waals surface area contributed by atoms with E-state index in [0.717, 1.165) is 6.26 Å². The van der Waals surface area contributed by atoms with E-state index in [4.69, 9.17) is 4.74 Å². The number of methoxy groups -OCH3 is 1. The van der Waals surface area contributed by atoms with Gasteiger partial charge in [-0.3, -0.25) is 4.98 Å². The van der Waals surface area contributed by atoms with E-state index in [1.807, 2.05) is 6.07 Å². The van der Waals surface area contributed by atoms with Crippen LogP contribution in [0.3, 0.4) is 0 Å². The molecule has 0 spiro atoms. The summed E-state index contributed by atoms with van der Waals surface area (Å²) in [6.07, 6.45) is 2.70. The molecule has 0 aliphatic carbocycles. The van der Waals surface area contributed by atoms with Crippen molar-refractivity contribution in [3.8, 4) is 5.75 Å². The zero-order valence-electron chi connectivity index (χ0n) is 12.1. The predicted octanol–water partition coefficient (Wildman–Crippen LogP) is 1.85. The molecule has 22 heavy (non-hydrogen) atoms. The van der Waals surface area contributed by atoms with Gasteiger partial charge in [0.25, 0.3) is 0 Å². The summed E-state index contributed by atoms with van der Waals surface area (Å²) in [7, 11) is -2.21. The van der Waals surface area contributed by atoms with Crippen LogP contribution in [0, 0.1) is 0 Å². The number of hydrogen-bond donors (Lipinski definition) is 0. The van der Waals surface area contributed by atoms with Crippen molar-refractivity contribution in [2.75, 3.05) is 13.4 Å². The molecule has 0 aliphatic rings. The Kier molecular flexibility index (Phi) is 4.77. The maximum absolute atomic E-state index is 11.8. The van der Waals surface area contributed by atoms with Crippen molar-refractivity contribution >= 4 is 15.8 Å². The van der Waals surface area contributed by atoms with Crippen molar-refractivity contribution in [2.24, 2.45) is 0 Å². The van der Waals surface area contributed by atoms with Gasteiger partial charge in [-0.25, -0.2) is 13.2 Å². The number of ether oxygens (including phenoxy) is 2. The van der Waals surface area contributed by atoms with E-state index in [0.29, 0.717) is 5.69 Å². The summed E-state index contributed by atoms with van der Waals surface area (Å²) in [5.41, 5.74) is 0.742. The highest BCUT2D eigenvalue weighted by molar-refractivity contribution is 7.90. The molecule has 0 saturated heterocycles. The van der Waals surface area contributed by atoms with Crippen LogP contribution in [0.1, 0.15) is 16.1 Å². The minimum Gasteiger partial charge on any atom is -0.486 e. The largest absolute Gasteiger partial charge is 0.486 e. The molecule has 0 unspecified atom stereocenters. The molecule has 1 heterocycles. The summed E-state index contributed by atoms with van der Waals surface area (Å²) in [5, 5.41) is 0. The van der Waals surface area contributed by atoms with Crippen LogP contribution in [0.5, 0.6) is 5.75 Å². The zero-order chi connectivity index (χ0) is 16.2. The Morgan fingerprint density at radius 3 is 2.59 bits per heavy atom. The summed E-state index contributed by atoms with van der Waals surface area (Å²) in [5.74, 6) is -0.425. The standard InChI is InChI=1S/C15H15NO5S/c1-20-15(17)13-9-12(22(2,18)19)6-7-14(13)21-10-11-5-3-4-8-16-11/h3-9H,10H2,1-2H3. The van der Waals surface area contributed by atoms with Crippen LogP contribution >= 0.6 is 0 Å². The van der Waals surface area contributed by atoms with Gasteiger partial charge < -0.3 is 9.47 Å². The van der Waals surface area contributed by atoms with Crippen LogP contribution in [0.4, 0.5) is 0 Å². The molecule has 0 amide bonds. The predicted molar refractivity (Wildman–Crippen MR) is 79.5 cm³/mol. The van der Waals surface area contributed by atoms with Crippen LogP contribution in [-0.4, -0.2) is 32.7 Å². The molecule has 2 rings (SSSR count). The number of nitrogens with zero attached hydrogens (tertiary/aromatic N) is 1. The second-order valence-corrected chi connectivity index (χ2v) is 6.55. The average Bonchev–Trinajstić information content (AvgIpc) is 2.52. The fraction of sp³-hybridized carbons (Fsp3) is 0.200. The Balaban J connectivity index is 2.32. The van der Waals surface area contributed by atoms with Gasteiger partial charge in [-0.05, 0) is 30.3 Å². The number of aromatic nitrogens is 1. The first-order valence-corrected chi connectivity index (χ1v) is 8.26. The molecule has 1 aromatic carbocycles. The molecular formula is C15H15NO5S. The maximum Gasteiger partial charge on any atom is 0.341 e. The van der Waals surface area contributed by atoms with Crippen LogP contribution in [-0.2, 0) is 21.2 Å². The van der Waals surface area contributed by atoms with Crippen LogP contribution in [0.2, 0.25) is 0 Å². The molecule has 0 atom stereocenters. The van der Waals surface area contributed by atoms with Crippen molar-refractivity contribution in [1.82, 2.24) is 4.98 Å². The maximum atomic E-state index is 11.8. The van der Waals surface area contributed by atoms with E-state index in [-0.39, 0.29) is 22.8 Å². The summed E-state index contributed by atoms with van der Waals surface area (Å²) < 4.78 is 33.4. The van der Waals surface area contributed by atoms with Gasteiger partial charge in [-0.15, -0.1) is 0 Å². The van der Waals surface area contributed by atoms with Crippen molar-refractivity contribution in [3.63, 3.8) is 0 Å². The topological polar surface area (TPSA) is 82.6 Å². The van der Waals surface area contributed by atoms with Gasteiger partial charge in [0.1, 0.15) is 17.9 Å². The van der Waals surface area contributed by atoms with Crippen molar-refractivity contribution < 1.29 is 22.7 Å². The third kappa shape index (κ3) is 3.82. The summed E-state index contributed by atoms with van der Waals surface area (Å²) >= 11 is 0. The molecule has 1 aromatic heterocycles. The average molecular weight is 321 g/mol. The van der Waals surface area contributed by atoms with E-state index in [1.165, 1.54) is 25.3 Å². The molecule has 0 saturated carbocycles. The summed E-state index contributed by atoms with van der Waals surface area (Å²) in [6, 6.07) is 9.45.